The Morgan fingerprint density at radius 2 is 1.14 bits per heavy atom. The topological polar surface area (TPSA) is 0 Å². The Hall–Kier alpha value is -0.140. The van der Waals surface area contributed by atoms with Gasteiger partial charge in [0.15, 0.2) is 0 Å². The van der Waals surface area contributed by atoms with Crippen molar-refractivity contribution in [2.24, 2.45) is 16.7 Å². The van der Waals surface area contributed by atoms with E-state index in [0.29, 0.717) is 11.3 Å². The first-order valence-corrected chi connectivity index (χ1v) is 5.79. The lowest BCUT2D eigenvalue weighted by Crippen LogP contribution is -2.47. The molecule has 0 heterocycles. The van der Waals surface area contributed by atoms with E-state index in [-0.39, 0.29) is 0 Å². The van der Waals surface area contributed by atoms with Crippen LogP contribution in [0, 0.1) is 16.7 Å². The molecule has 0 N–H and O–H groups in total. The lowest BCUT2D eigenvalue weighted by Gasteiger charge is -2.55. The molecular formula is C12H20F2. The van der Waals surface area contributed by atoms with E-state index >= 15 is 0 Å². The van der Waals surface area contributed by atoms with Crippen LogP contribution in [0.1, 0.15) is 52.4 Å². The van der Waals surface area contributed by atoms with Crippen LogP contribution in [0.25, 0.3) is 0 Å². The highest BCUT2D eigenvalue weighted by Gasteiger charge is 2.53. The van der Waals surface area contributed by atoms with Crippen molar-refractivity contribution in [3.8, 4) is 0 Å². The molecule has 3 rings (SSSR count). The lowest BCUT2D eigenvalue weighted by molar-refractivity contribution is -0.119. The molecular weight excluding hydrogens is 182 g/mol. The Morgan fingerprint density at radius 1 is 0.786 bits per heavy atom. The number of alkyl halides is 2. The molecule has 3 aliphatic carbocycles. The molecule has 2 heteroatoms. The number of rotatable bonds is 2. The van der Waals surface area contributed by atoms with Crippen LogP contribution < -0.4 is 0 Å². The van der Waals surface area contributed by atoms with Crippen molar-refractivity contribution >= 4 is 0 Å². The molecule has 2 bridgehead atoms. The van der Waals surface area contributed by atoms with Gasteiger partial charge in [0.05, 0.1) is 0 Å². The Balaban J connectivity index is 2.13. The molecule has 14 heavy (non-hydrogen) atoms. The molecule has 0 nitrogen and oxygen atoms in total. The van der Waals surface area contributed by atoms with Crippen molar-refractivity contribution < 1.29 is 8.78 Å². The van der Waals surface area contributed by atoms with Gasteiger partial charge in [-0.05, 0) is 49.9 Å². The fraction of sp³-hybridized carbons (Fsp3) is 1.00. The predicted octanol–water partition coefficient (Wildman–Crippen LogP) is 4.25. The first-order chi connectivity index (χ1) is 6.51. The molecule has 3 fully saturated rings. The van der Waals surface area contributed by atoms with Gasteiger partial charge in [0.1, 0.15) is 0 Å². The minimum absolute atomic E-state index is 0.413. The van der Waals surface area contributed by atoms with E-state index in [1.165, 1.54) is 0 Å². The highest BCUT2D eigenvalue weighted by atomic mass is 19.3. The minimum Gasteiger partial charge on any atom is -0.210 e. The summed E-state index contributed by atoms with van der Waals surface area (Å²) in [7, 11) is 0. The Kier molecular flexibility index (Phi) is 2.36. The maximum atomic E-state index is 12.9. The van der Waals surface area contributed by atoms with E-state index in [4.69, 9.17) is 0 Å². The average molecular weight is 202 g/mol. The molecule has 0 aromatic rings. The van der Waals surface area contributed by atoms with Crippen LogP contribution in [-0.4, -0.2) is 6.43 Å². The van der Waals surface area contributed by atoms with Crippen molar-refractivity contribution in [3.05, 3.63) is 0 Å². The van der Waals surface area contributed by atoms with E-state index < -0.39 is 11.8 Å². The molecule has 3 aliphatic rings. The zero-order valence-electron chi connectivity index (χ0n) is 9.15. The van der Waals surface area contributed by atoms with Crippen molar-refractivity contribution in [2.75, 3.05) is 0 Å². The maximum Gasteiger partial charge on any atom is 0.244 e. The fourth-order valence-corrected chi connectivity index (χ4v) is 3.44. The summed E-state index contributed by atoms with van der Waals surface area (Å²) in [6, 6.07) is 0. The zero-order chi connectivity index (χ0) is 10.4. The van der Waals surface area contributed by atoms with Gasteiger partial charge in [0, 0.05) is 5.41 Å². The van der Waals surface area contributed by atoms with Crippen molar-refractivity contribution in [2.45, 2.75) is 58.8 Å². The Morgan fingerprint density at radius 3 is 1.43 bits per heavy atom. The number of hydrogen-bond acceptors (Lipinski definition) is 0. The lowest BCUT2D eigenvalue weighted by atomic mass is 9.51. The van der Waals surface area contributed by atoms with Gasteiger partial charge in [-0.2, -0.15) is 0 Å². The van der Waals surface area contributed by atoms with Gasteiger partial charge < -0.3 is 0 Å². The van der Waals surface area contributed by atoms with Gasteiger partial charge in [-0.15, -0.1) is 0 Å². The molecule has 0 unspecified atom stereocenters. The zero-order valence-corrected chi connectivity index (χ0v) is 9.15. The molecule has 0 aliphatic heterocycles. The van der Waals surface area contributed by atoms with Crippen LogP contribution in [0.4, 0.5) is 8.78 Å². The van der Waals surface area contributed by atoms with Crippen LogP contribution >= 0.6 is 0 Å². The SMILES string of the molecule is CC(C)C12CCC(C(F)F)(CC1)CC2. The summed E-state index contributed by atoms with van der Waals surface area (Å²) >= 11 is 0. The predicted molar refractivity (Wildman–Crippen MR) is 53.4 cm³/mol. The van der Waals surface area contributed by atoms with E-state index in [9.17, 15) is 8.78 Å². The van der Waals surface area contributed by atoms with E-state index in [1.54, 1.807) is 0 Å². The summed E-state index contributed by atoms with van der Waals surface area (Å²) in [5.74, 6) is 0.665. The third-order valence-electron chi connectivity index (χ3n) is 5.05. The molecule has 82 valence electrons. The first-order valence-electron chi connectivity index (χ1n) is 5.79. The van der Waals surface area contributed by atoms with Gasteiger partial charge >= 0.3 is 0 Å². The summed E-state index contributed by atoms with van der Waals surface area (Å²) in [4.78, 5) is 0. The second kappa shape index (κ2) is 3.18. The van der Waals surface area contributed by atoms with Gasteiger partial charge in [-0.1, -0.05) is 13.8 Å². The monoisotopic (exact) mass is 202 g/mol. The molecule has 0 aromatic heterocycles. The van der Waals surface area contributed by atoms with Crippen molar-refractivity contribution in [1.82, 2.24) is 0 Å². The number of halogens is 2. The third-order valence-corrected chi connectivity index (χ3v) is 5.05. The summed E-state index contributed by atoms with van der Waals surface area (Å²) in [5.41, 5.74) is -0.173. The normalized spacial score (nSPS) is 42.4. The molecule has 0 amide bonds. The van der Waals surface area contributed by atoms with Gasteiger partial charge in [0.2, 0.25) is 6.43 Å². The highest BCUT2D eigenvalue weighted by Crippen LogP contribution is 2.61. The van der Waals surface area contributed by atoms with E-state index in [1.807, 2.05) is 0 Å². The van der Waals surface area contributed by atoms with Crippen LogP contribution in [0.15, 0.2) is 0 Å². The van der Waals surface area contributed by atoms with Crippen molar-refractivity contribution in [3.63, 3.8) is 0 Å². The quantitative estimate of drug-likeness (QED) is 0.628. The fourth-order valence-electron chi connectivity index (χ4n) is 3.44. The van der Waals surface area contributed by atoms with Crippen LogP contribution in [0.2, 0.25) is 0 Å². The summed E-state index contributed by atoms with van der Waals surface area (Å²) in [6.45, 7) is 4.50. The number of hydrogen-bond donors (Lipinski definition) is 0. The second-order valence-corrected chi connectivity index (χ2v) is 5.68. The van der Waals surface area contributed by atoms with Crippen LogP contribution in [-0.2, 0) is 0 Å². The van der Waals surface area contributed by atoms with E-state index in [0.717, 1.165) is 38.5 Å². The molecule has 0 saturated heterocycles. The average Bonchev–Trinajstić information content (AvgIpc) is 2.20. The molecule has 0 atom stereocenters. The van der Waals surface area contributed by atoms with Gasteiger partial charge in [0.25, 0.3) is 0 Å². The summed E-state index contributed by atoms with van der Waals surface area (Å²) in [5, 5.41) is 0. The summed E-state index contributed by atoms with van der Waals surface area (Å²) < 4.78 is 25.9. The van der Waals surface area contributed by atoms with Gasteiger partial charge in [-0.3, -0.25) is 0 Å². The number of fused-ring (bicyclic) bond motifs is 3. The van der Waals surface area contributed by atoms with Crippen molar-refractivity contribution in [1.29, 1.82) is 0 Å². The molecule has 0 aromatic carbocycles. The Labute approximate surface area is 85.1 Å². The molecule has 0 spiro atoms. The van der Waals surface area contributed by atoms with Crippen LogP contribution in [0.3, 0.4) is 0 Å². The maximum absolute atomic E-state index is 12.9. The standard InChI is InChI=1S/C12H20F2/c1-9(2)11-3-6-12(7-4-11,8-5-11)10(13)14/h9-10H,3-8H2,1-2H3. The second-order valence-electron chi connectivity index (χ2n) is 5.68. The molecule has 3 saturated carbocycles. The molecule has 0 radical (unpaired) electrons. The van der Waals surface area contributed by atoms with Gasteiger partial charge in [-0.25, -0.2) is 8.78 Å². The smallest absolute Gasteiger partial charge is 0.210 e. The van der Waals surface area contributed by atoms with E-state index in [2.05, 4.69) is 13.8 Å². The summed E-state index contributed by atoms with van der Waals surface area (Å²) in [6.07, 6.45) is 3.32. The first kappa shape index (κ1) is 10.4. The largest absolute Gasteiger partial charge is 0.244 e. The highest BCUT2D eigenvalue weighted by molar-refractivity contribution is 5.01. The Bertz CT molecular complexity index is 172. The third kappa shape index (κ3) is 1.30. The van der Waals surface area contributed by atoms with Crippen LogP contribution in [0.5, 0.6) is 0 Å². The minimum atomic E-state index is -2.09.